The number of hydrogen-bond donors (Lipinski definition) is 1. The molecule has 0 fully saturated rings. The average Bonchev–Trinajstić information content (AvgIpc) is 2.79. The summed E-state index contributed by atoms with van der Waals surface area (Å²) in [6.45, 7) is 11.6. The van der Waals surface area contributed by atoms with Gasteiger partial charge in [0.25, 0.3) is 5.91 Å². The van der Waals surface area contributed by atoms with Crippen molar-refractivity contribution < 1.29 is 9.18 Å². The van der Waals surface area contributed by atoms with Crippen LogP contribution in [-0.2, 0) is 11.1 Å². The second kappa shape index (κ2) is 6.20. The first-order chi connectivity index (χ1) is 10.9. The zero-order chi connectivity index (χ0) is 18.3. The van der Waals surface area contributed by atoms with Crippen LogP contribution in [0.5, 0.6) is 0 Å². The highest BCUT2D eigenvalue weighted by atomic mass is 35.5. The lowest BCUT2D eigenvalue weighted by Gasteiger charge is -2.27. The lowest BCUT2D eigenvalue weighted by atomic mass is 9.94. The predicted molar refractivity (Wildman–Crippen MR) is 93.9 cm³/mol. The van der Waals surface area contributed by atoms with Gasteiger partial charge in [-0.2, -0.15) is 5.10 Å². The summed E-state index contributed by atoms with van der Waals surface area (Å²) in [6, 6.07) is 5.90. The zero-order valence-corrected chi connectivity index (χ0v) is 15.6. The van der Waals surface area contributed by atoms with Crippen molar-refractivity contribution in [1.29, 1.82) is 0 Å². The summed E-state index contributed by atoms with van der Waals surface area (Å²) < 4.78 is 15.1. The third-order valence-electron chi connectivity index (χ3n) is 3.79. The van der Waals surface area contributed by atoms with E-state index in [1.54, 1.807) is 12.1 Å². The van der Waals surface area contributed by atoms with Crippen molar-refractivity contribution in [3.63, 3.8) is 0 Å². The Labute approximate surface area is 147 Å². The summed E-state index contributed by atoms with van der Waals surface area (Å²) in [5.41, 5.74) is 0.921. The van der Waals surface area contributed by atoms with Gasteiger partial charge in [-0.05, 0) is 65.3 Å². The average molecular weight is 352 g/mol. The molecule has 6 heteroatoms. The van der Waals surface area contributed by atoms with Gasteiger partial charge in [-0.1, -0.05) is 17.7 Å². The molecule has 130 valence electrons. The van der Waals surface area contributed by atoms with Gasteiger partial charge in [0.2, 0.25) is 0 Å². The molecule has 0 aliphatic heterocycles. The predicted octanol–water partition coefficient (Wildman–Crippen LogP) is 4.40. The molecule has 0 spiro atoms. The fourth-order valence-corrected chi connectivity index (χ4v) is 3.08. The summed E-state index contributed by atoms with van der Waals surface area (Å²) in [5.74, 6) is -0.711. The van der Waals surface area contributed by atoms with E-state index in [-0.39, 0.29) is 16.5 Å². The Bertz CT molecular complexity index is 775. The number of hydrogen-bond acceptors (Lipinski definition) is 2. The fraction of sp³-hybridized carbons (Fsp3) is 0.444. The molecule has 1 aromatic carbocycles. The number of halogens is 2. The van der Waals surface area contributed by atoms with Crippen LogP contribution in [0.3, 0.4) is 0 Å². The molecule has 2 aromatic rings. The van der Waals surface area contributed by atoms with Crippen LogP contribution in [0, 0.1) is 12.7 Å². The van der Waals surface area contributed by atoms with E-state index in [2.05, 4.69) is 10.4 Å². The Hall–Kier alpha value is -1.88. The summed E-state index contributed by atoms with van der Waals surface area (Å²) in [7, 11) is 0. The molecule has 1 heterocycles. The van der Waals surface area contributed by atoms with Gasteiger partial charge in [-0.15, -0.1) is 0 Å². The highest BCUT2D eigenvalue weighted by molar-refractivity contribution is 6.31. The Balaban J connectivity index is 2.28. The van der Waals surface area contributed by atoms with Crippen molar-refractivity contribution >= 4 is 17.5 Å². The Kier molecular flexibility index (Phi) is 4.77. The van der Waals surface area contributed by atoms with Crippen LogP contribution in [0.15, 0.2) is 24.3 Å². The van der Waals surface area contributed by atoms with Crippen LogP contribution in [0.25, 0.3) is 0 Å². The summed E-state index contributed by atoms with van der Waals surface area (Å²) in [6.07, 6.45) is 0. The van der Waals surface area contributed by atoms with E-state index >= 15 is 0 Å². The lowest BCUT2D eigenvalue weighted by Crippen LogP contribution is -2.41. The summed E-state index contributed by atoms with van der Waals surface area (Å²) >= 11 is 6.12. The third-order valence-corrected chi connectivity index (χ3v) is 4.10. The number of amides is 1. The minimum absolute atomic E-state index is 0.210. The maximum Gasteiger partial charge on any atom is 0.272 e. The molecule has 0 atom stereocenters. The molecule has 1 aromatic heterocycles. The van der Waals surface area contributed by atoms with Crippen LogP contribution in [-0.4, -0.2) is 15.7 Å². The van der Waals surface area contributed by atoms with Gasteiger partial charge >= 0.3 is 0 Å². The fourth-order valence-electron chi connectivity index (χ4n) is 2.68. The van der Waals surface area contributed by atoms with Crippen LogP contribution in [0.4, 0.5) is 4.39 Å². The SMILES string of the molecule is Cc1cc(C(=O)NC(C)(C)c2ccc(F)cc2Cl)nn1C(C)(C)C. The molecule has 0 unspecified atom stereocenters. The standard InChI is InChI=1S/C18H23ClFN3O/c1-11-9-15(22-23(11)17(2,3)4)16(24)21-18(5,6)13-8-7-12(20)10-14(13)19/h7-10H,1-6H3,(H,21,24). The number of benzene rings is 1. The first kappa shape index (κ1) is 18.5. The van der Waals surface area contributed by atoms with E-state index < -0.39 is 11.4 Å². The van der Waals surface area contributed by atoms with Crippen molar-refractivity contribution in [2.75, 3.05) is 0 Å². The number of aromatic nitrogens is 2. The quantitative estimate of drug-likeness (QED) is 0.890. The van der Waals surface area contributed by atoms with E-state index in [4.69, 9.17) is 11.6 Å². The highest BCUT2D eigenvalue weighted by Gasteiger charge is 2.28. The summed E-state index contributed by atoms with van der Waals surface area (Å²) in [4.78, 5) is 12.6. The first-order valence-corrected chi connectivity index (χ1v) is 8.15. The second-order valence-electron chi connectivity index (χ2n) is 7.46. The highest BCUT2D eigenvalue weighted by Crippen LogP contribution is 2.29. The molecule has 0 aliphatic rings. The van der Waals surface area contributed by atoms with E-state index in [0.29, 0.717) is 11.3 Å². The number of aryl methyl sites for hydroxylation is 1. The summed E-state index contributed by atoms with van der Waals surface area (Å²) in [5, 5.41) is 7.60. The maximum atomic E-state index is 13.2. The van der Waals surface area contributed by atoms with Crippen molar-refractivity contribution in [2.45, 2.75) is 52.6 Å². The van der Waals surface area contributed by atoms with Crippen LogP contribution >= 0.6 is 11.6 Å². The molecule has 2 rings (SSSR count). The Morgan fingerprint density at radius 2 is 1.83 bits per heavy atom. The first-order valence-electron chi connectivity index (χ1n) is 7.77. The Morgan fingerprint density at radius 3 is 2.33 bits per heavy atom. The molecule has 0 bridgehead atoms. The minimum Gasteiger partial charge on any atom is -0.342 e. The van der Waals surface area contributed by atoms with Gasteiger partial charge in [0.15, 0.2) is 0 Å². The number of carbonyl (C=O) groups is 1. The van der Waals surface area contributed by atoms with Crippen molar-refractivity contribution in [3.8, 4) is 0 Å². The van der Waals surface area contributed by atoms with Crippen molar-refractivity contribution in [2.24, 2.45) is 0 Å². The van der Waals surface area contributed by atoms with E-state index in [9.17, 15) is 9.18 Å². The number of nitrogens with zero attached hydrogens (tertiary/aromatic N) is 2. The largest absolute Gasteiger partial charge is 0.342 e. The third kappa shape index (κ3) is 3.78. The molecule has 24 heavy (non-hydrogen) atoms. The molecular formula is C18H23ClFN3O. The normalized spacial score (nSPS) is 12.3. The molecule has 0 saturated heterocycles. The Morgan fingerprint density at radius 1 is 1.21 bits per heavy atom. The second-order valence-corrected chi connectivity index (χ2v) is 7.86. The molecule has 0 aliphatic carbocycles. The van der Waals surface area contributed by atoms with E-state index in [1.807, 2.05) is 46.2 Å². The zero-order valence-electron chi connectivity index (χ0n) is 14.9. The van der Waals surface area contributed by atoms with Crippen LogP contribution in [0.2, 0.25) is 5.02 Å². The molecule has 0 saturated carbocycles. The van der Waals surface area contributed by atoms with E-state index in [0.717, 1.165) is 5.69 Å². The van der Waals surface area contributed by atoms with Gasteiger partial charge in [0, 0.05) is 10.7 Å². The molecule has 1 amide bonds. The number of carbonyl (C=O) groups excluding carboxylic acids is 1. The van der Waals surface area contributed by atoms with E-state index in [1.165, 1.54) is 12.1 Å². The number of nitrogens with one attached hydrogen (secondary N) is 1. The molecule has 1 N–H and O–H groups in total. The minimum atomic E-state index is -0.763. The maximum absolute atomic E-state index is 13.2. The molecular weight excluding hydrogens is 329 g/mol. The van der Waals surface area contributed by atoms with Gasteiger partial charge in [-0.3, -0.25) is 9.48 Å². The van der Waals surface area contributed by atoms with Crippen molar-refractivity contribution in [3.05, 3.63) is 52.1 Å². The topological polar surface area (TPSA) is 46.9 Å². The smallest absolute Gasteiger partial charge is 0.272 e. The number of rotatable bonds is 3. The van der Waals surface area contributed by atoms with Crippen LogP contribution in [0.1, 0.15) is 56.4 Å². The molecule has 0 radical (unpaired) electrons. The van der Waals surface area contributed by atoms with Gasteiger partial charge < -0.3 is 5.32 Å². The van der Waals surface area contributed by atoms with Gasteiger partial charge in [0.05, 0.1) is 11.1 Å². The van der Waals surface area contributed by atoms with Crippen LogP contribution < -0.4 is 5.32 Å². The van der Waals surface area contributed by atoms with Gasteiger partial charge in [0.1, 0.15) is 11.5 Å². The molecule has 4 nitrogen and oxygen atoms in total. The van der Waals surface area contributed by atoms with Crippen molar-refractivity contribution in [1.82, 2.24) is 15.1 Å². The van der Waals surface area contributed by atoms with Gasteiger partial charge in [-0.25, -0.2) is 4.39 Å². The monoisotopic (exact) mass is 351 g/mol. The lowest BCUT2D eigenvalue weighted by molar-refractivity contribution is 0.0905.